The summed E-state index contributed by atoms with van der Waals surface area (Å²) < 4.78 is 0. The molecule has 0 N–H and O–H groups in total. The Hall–Kier alpha value is -2.64. The molecule has 0 radical (unpaired) electrons. The van der Waals surface area contributed by atoms with Gasteiger partial charge < -0.3 is 0 Å². The molecule has 0 aliphatic rings. The lowest BCUT2D eigenvalue weighted by Gasteiger charge is -2.08. The number of rotatable bonds is 4. The third-order valence-electron chi connectivity index (χ3n) is 2.22. The van der Waals surface area contributed by atoms with Gasteiger partial charge in [-0.15, -0.1) is 15.3 Å². The van der Waals surface area contributed by atoms with E-state index >= 15 is 0 Å². The topological polar surface area (TPSA) is 80.6 Å². The molecule has 1 rings (SSSR count). The van der Waals surface area contributed by atoms with Gasteiger partial charge in [0.2, 0.25) is 0 Å². The van der Waals surface area contributed by atoms with Gasteiger partial charge in [0.1, 0.15) is 0 Å². The van der Waals surface area contributed by atoms with Gasteiger partial charge in [0.05, 0.1) is 11.4 Å². The number of benzene rings is 1. The lowest BCUT2D eigenvalue weighted by molar-refractivity contribution is 0.408. The van der Waals surface area contributed by atoms with E-state index in [-0.39, 0.29) is 0 Å². The lowest BCUT2D eigenvalue weighted by atomic mass is 10.3. The molecule has 0 atom stereocenters. The Bertz CT molecular complexity index is 542. The van der Waals surface area contributed by atoms with Crippen molar-refractivity contribution in [1.82, 2.24) is 10.0 Å². The summed E-state index contributed by atoms with van der Waals surface area (Å²) in [6, 6.07) is 7.25. The predicted molar refractivity (Wildman–Crippen MR) is 84.4 cm³/mol. The van der Waals surface area contributed by atoms with E-state index in [0.29, 0.717) is 11.6 Å². The Morgan fingerprint density at radius 2 is 1.57 bits per heavy atom. The quantitative estimate of drug-likeness (QED) is 0.369. The third kappa shape index (κ3) is 5.89. The van der Waals surface area contributed by atoms with Crippen LogP contribution in [0.3, 0.4) is 0 Å². The van der Waals surface area contributed by atoms with Crippen LogP contribution in [0.2, 0.25) is 0 Å². The summed E-state index contributed by atoms with van der Waals surface area (Å²) in [7, 11) is 7.02. The number of guanidine groups is 1. The van der Waals surface area contributed by atoms with Crippen molar-refractivity contribution in [2.24, 2.45) is 30.7 Å². The zero-order valence-electron chi connectivity index (χ0n) is 13.0. The molecule has 0 fully saturated rings. The Morgan fingerprint density at radius 3 is 2.05 bits per heavy atom. The monoisotopic (exact) mass is 288 g/mol. The molecule has 0 amide bonds. The molecule has 0 heterocycles. The summed E-state index contributed by atoms with van der Waals surface area (Å²) in [4.78, 5) is 4.02. The van der Waals surface area contributed by atoms with E-state index in [1.165, 1.54) is 0 Å². The first-order chi connectivity index (χ1) is 10.1. The van der Waals surface area contributed by atoms with Crippen molar-refractivity contribution in [3.8, 4) is 0 Å². The summed E-state index contributed by atoms with van der Waals surface area (Å²) in [6.07, 6.45) is 1.66. The standard InChI is InChI=1S/C13H20N8/c1-6-15-21(5)13(14-2)18-16-11-7-9-12(10-8-11)17-19-20(3)4/h6-10H,1-5H3/b14-13?,15-6-,18-16?,19-17?. The maximum atomic E-state index is 4.11. The number of nitrogens with zero attached hydrogens (tertiary/aromatic N) is 8. The second-order valence-corrected chi connectivity index (χ2v) is 4.17. The van der Waals surface area contributed by atoms with Crippen LogP contribution in [0.15, 0.2) is 54.9 Å². The van der Waals surface area contributed by atoms with Gasteiger partial charge in [-0.1, -0.05) is 5.22 Å². The maximum Gasteiger partial charge on any atom is 0.260 e. The Labute approximate surface area is 124 Å². The number of hydrogen-bond donors (Lipinski definition) is 0. The summed E-state index contributed by atoms with van der Waals surface area (Å²) in [5.41, 5.74) is 1.45. The highest BCUT2D eigenvalue weighted by atomic mass is 15.5. The Kier molecular flexibility index (Phi) is 6.66. The van der Waals surface area contributed by atoms with Crippen molar-refractivity contribution < 1.29 is 0 Å². The fourth-order valence-corrected chi connectivity index (χ4v) is 1.31. The first kappa shape index (κ1) is 16.4. The lowest BCUT2D eigenvalue weighted by Crippen LogP contribution is -2.18. The molecule has 21 heavy (non-hydrogen) atoms. The van der Waals surface area contributed by atoms with Crippen LogP contribution in [0.4, 0.5) is 11.4 Å². The molecular weight excluding hydrogens is 268 g/mol. The first-order valence-corrected chi connectivity index (χ1v) is 6.36. The fraction of sp³-hybridized carbons (Fsp3) is 0.385. The van der Waals surface area contributed by atoms with E-state index in [4.69, 9.17) is 0 Å². The second-order valence-electron chi connectivity index (χ2n) is 4.17. The second kappa shape index (κ2) is 8.51. The van der Waals surface area contributed by atoms with Crippen LogP contribution in [-0.2, 0) is 0 Å². The van der Waals surface area contributed by atoms with E-state index in [0.717, 1.165) is 5.69 Å². The Morgan fingerprint density at radius 1 is 1.00 bits per heavy atom. The van der Waals surface area contributed by atoms with E-state index < -0.39 is 0 Å². The van der Waals surface area contributed by atoms with Crippen molar-refractivity contribution in [3.05, 3.63) is 24.3 Å². The number of aliphatic imine (C=N–C) groups is 1. The van der Waals surface area contributed by atoms with Gasteiger partial charge in [0.15, 0.2) is 0 Å². The SMILES string of the molecule is C/C=N\N(C)C(N=Nc1ccc(N=NN(C)C)cc1)=NC. The highest BCUT2D eigenvalue weighted by molar-refractivity contribution is 5.80. The minimum Gasteiger partial charge on any atom is -0.285 e. The van der Waals surface area contributed by atoms with Crippen molar-refractivity contribution >= 4 is 23.5 Å². The van der Waals surface area contributed by atoms with Gasteiger partial charge in [-0.05, 0) is 31.2 Å². The molecule has 0 aliphatic carbocycles. The van der Waals surface area contributed by atoms with E-state index in [2.05, 4.69) is 30.7 Å². The third-order valence-corrected chi connectivity index (χ3v) is 2.22. The molecule has 0 unspecified atom stereocenters. The van der Waals surface area contributed by atoms with E-state index in [9.17, 15) is 0 Å². The molecule has 0 aromatic heterocycles. The summed E-state index contributed by atoms with van der Waals surface area (Å²) in [5, 5.41) is 23.4. The zero-order chi connectivity index (χ0) is 15.7. The van der Waals surface area contributed by atoms with Crippen LogP contribution in [0.5, 0.6) is 0 Å². The molecule has 0 aliphatic heterocycles. The molecule has 8 nitrogen and oxygen atoms in total. The average Bonchev–Trinajstić information content (AvgIpc) is 2.47. The fourth-order valence-electron chi connectivity index (χ4n) is 1.31. The van der Waals surface area contributed by atoms with Gasteiger partial charge in [0.25, 0.3) is 5.96 Å². The van der Waals surface area contributed by atoms with Crippen LogP contribution >= 0.6 is 0 Å². The highest BCUT2D eigenvalue weighted by Crippen LogP contribution is 2.19. The molecule has 0 saturated heterocycles. The predicted octanol–water partition coefficient (Wildman–Crippen LogP) is 3.25. The van der Waals surface area contributed by atoms with Crippen molar-refractivity contribution in [1.29, 1.82) is 0 Å². The normalized spacial score (nSPS) is 12.7. The maximum absolute atomic E-state index is 4.11. The molecular formula is C13H20N8. The molecule has 112 valence electrons. The molecule has 0 saturated carbocycles. The smallest absolute Gasteiger partial charge is 0.260 e. The molecule has 8 heteroatoms. The van der Waals surface area contributed by atoms with Gasteiger partial charge >= 0.3 is 0 Å². The largest absolute Gasteiger partial charge is 0.285 e. The minimum atomic E-state index is 0.421. The number of hydrazone groups is 1. The number of azo groups is 1. The molecule has 0 bridgehead atoms. The molecule has 0 spiro atoms. The van der Waals surface area contributed by atoms with Crippen molar-refractivity contribution in [2.75, 3.05) is 28.2 Å². The average molecular weight is 288 g/mol. The van der Waals surface area contributed by atoms with Crippen LogP contribution < -0.4 is 0 Å². The Balaban J connectivity index is 2.77. The van der Waals surface area contributed by atoms with Crippen LogP contribution in [0.1, 0.15) is 6.92 Å². The zero-order valence-corrected chi connectivity index (χ0v) is 13.0. The van der Waals surface area contributed by atoms with Crippen LogP contribution in [-0.4, -0.2) is 50.4 Å². The summed E-state index contributed by atoms with van der Waals surface area (Å²) in [5.74, 6) is 0.421. The van der Waals surface area contributed by atoms with Gasteiger partial charge in [-0.2, -0.15) is 5.10 Å². The minimum absolute atomic E-state index is 0.421. The van der Waals surface area contributed by atoms with Crippen molar-refractivity contribution in [3.63, 3.8) is 0 Å². The van der Waals surface area contributed by atoms with E-state index in [1.807, 2.05) is 45.3 Å². The first-order valence-electron chi connectivity index (χ1n) is 6.36. The van der Waals surface area contributed by atoms with Gasteiger partial charge in [-0.25, -0.2) is 5.01 Å². The summed E-state index contributed by atoms with van der Waals surface area (Å²) >= 11 is 0. The van der Waals surface area contributed by atoms with Crippen LogP contribution in [0.25, 0.3) is 0 Å². The molecule has 1 aromatic rings. The molecule has 1 aromatic carbocycles. The van der Waals surface area contributed by atoms with Gasteiger partial charge in [0, 0.05) is 34.4 Å². The van der Waals surface area contributed by atoms with Gasteiger partial charge in [-0.3, -0.25) is 10.0 Å². The number of hydrogen-bond acceptors (Lipinski definition) is 5. The van der Waals surface area contributed by atoms with Crippen LogP contribution in [0, 0.1) is 0 Å². The summed E-state index contributed by atoms with van der Waals surface area (Å²) in [6.45, 7) is 1.82. The van der Waals surface area contributed by atoms with E-state index in [1.54, 1.807) is 30.3 Å². The van der Waals surface area contributed by atoms with Crippen molar-refractivity contribution in [2.45, 2.75) is 6.92 Å². The highest BCUT2D eigenvalue weighted by Gasteiger charge is 2.01.